The fraction of sp³-hybridized carbons (Fsp3) is 0.286. The third-order valence-electron chi connectivity index (χ3n) is 4.34. The van der Waals surface area contributed by atoms with Gasteiger partial charge < -0.3 is 10.3 Å². The molecule has 25 heavy (non-hydrogen) atoms. The van der Waals surface area contributed by atoms with Crippen molar-refractivity contribution in [2.75, 3.05) is 6.54 Å². The van der Waals surface area contributed by atoms with Gasteiger partial charge in [-0.25, -0.2) is 4.39 Å². The number of benzene rings is 2. The molecule has 4 heteroatoms. The van der Waals surface area contributed by atoms with E-state index in [1.807, 2.05) is 36.5 Å². The van der Waals surface area contributed by atoms with E-state index in [-0.39, 0.29) is 24.1 Å². The lowest BCUT2D eigenvalue weighted by Crippen LogP contribution is -2.28. The number of aromatic nitrogens is 1. The number of H-pyrrole nitrogens is 1. The first-order chi connectivity index (χ1) is 12.0. The van der Waals surface area contributed by atoms with Gasteiger partial charge >= 0.3 is 0 Å². The lowest BCUT2D eigenvalue weighted by atomic mass is 9.88. The van der Waals surface area contributed by atoms with Crippen molar-refractivity contribution >= 4 is 16.8 Å². The van der Waals surface area contributed by atoms with Crippen LogP contribution in [0.15, 0.2) is 54.7 Å². The van der Waals surface area contributed by atoms with E-state index in [4.69, 9.17) is 0 Å². The average Bonchev–Trinajstić information content (AvgIpc) is 3.02. The number of rotatable bonds is 6. The highest BCUT2D eigenvalue weighted by molar-refractivity contribution is 5.86. The first-order valence-corrected chi connectivity index (χ1v) is 8.62. The Labute approximate surface area is 147 Å². The number of para-hydroxylation sites is 1. The van der Waals surface area contributed by atoms with E-state index >= 15 is 0 Å². The molecule has 1 unspecified atom stereocenters. The van der Waals surface area contributed by atoms with E-state index in [0.717, 1.165) is 22.0 Å². The van der Waals surface area contributed by atoms with Crippen molar-refractivity contribution in [1.82, 2.24) is 10.3 Å². The summed E-state index contributed by atoms with van der Waals surface area (Å²) in [6.07, 6.45) is 2.22. The van der Waals surface area contributed by atoms with Gasteiger partial charge in [0.2, 0.25) is 5.91 Å². The summed E-state index contributed by atoms with van der Waals surface area (Å²) in [6.45, 7) is 4.76. The minimum Gasteiger partial charge on any atom is -0.361 e. The second-order valence-electron chi connectivity index (χ2n) is 6.80. The molecule has 130 valence electrons. The third-order valence-corrected chi connectivity index (χ3v) is 4.34. The summed E-state index contributed by atoms with van der Waals surface area (Å²) >= 11 is 0. The number of halogens is 1. The van der Waals surface area contributed by atoms with E-state index in [0.29, 0.717) is 12.5 Å². The van der Waals surface area contributed by atoms with Crippen LogP contribution in [0.4, 0.5) is 4.39 Å². The van der Waals surface area contributed by atoms with Crippen LogP contribution in [0.25, 0.3) is 10.9 Å². The van der Waals surface area contributed by atoms with Gasteiger partial charge in [0.15, 0.2) is 0 Å². The van der Waals surface area contributed by atoms with Crippen LogP contribution >= 0.6 is 0 Å². The van der Waals surface area contributed by atoms with Crippen LogP contribution in [0.1, 0.15) is 37.3 Å². The Morgan fingerprint density at radius 3 is 2.72 bits per heavy atom. The minimum atomic E-state index is -0.287. The molecule has 0 aliphatic carbocycles. The Hall–Kier alpha value is -2.62. The number of aromatic amines is 1. The Morgan fingerprint density at radius 2 is 1.96 bits per heavy atom. The zero-order chi connectivity index (χ0) is 17.8. The molecule has 0 radical (unpaired) electrons. The number of carbonyl (C=O) groups is 1. The smallest absolute Gasteiger partial charge is 0.220 e. The van der Waals surface area contributed by atoms with Gasteiger partial charge in [0.05, 0.1) is 0 Å². The molecule has 0 aliphatic rings. The van der Waals surface area contributed by atoms with E-state index < -0.39 is 0 Å². The van der Waals surface area contributed by atoms with Crippen molar-refractivity contribution in [2.24, 2.45) is 5.92 Å². The molecule has 0 saturated heterocycles. The second kappa shape index (κ2) is 7.51. The number of amides is 1. The van der Waals surface area contributed by atoms with Crippen LogP contribution in [-0.2, 0) is 4.79 Å². The van der Waals surface area contributed by atoms with Gasteiger partial charge in [-0.05, 0) is 35.2 Å². The van der Waals surface area contributed by atoms with Crippen molar-refractivity contribution in [2.45, 2.75) is 26.2 Å². The van der Waals surface area contributed by atoms with E-state index in [9.17, 15) is 9.18 Å². The number of hydrogen-bond donors (Lipinski definition) is 2. The first kappa shape index (κ1) is 17.2. The van der Waals surface area contributed by atoms with Crippen LogP contribution in [0.3, 0.4) is 0 Å². The summed E-state index contributed by atoms with van der Waals surface area (Å²) in [4.78, 5) is 15.7. The van der Waals surface area contributed by atoms with Gasteiger partial charge in [0.25, 0.3) is 0 Å². The second-order valence-corrected chi connectivity index (χ2v) is 6.80. The quantitative estimate of drug-likeness (QED) is 0.678. The zero-order valence-corrected chi connectivity index (χ0v) is 14.6. The summed E-state index contributed by atoms with van der Waals surface area (Å²) in [5.74, 6) is -0.109. The van der Waals surface area contributed by atoms with Crippen molar-refractivity contribution < 1.29 is 9.18 Å². The molecule has 0 bridgehead atoms. The van der Waals surface area contributed by atoms with Gasteiger partial charge in [0.1, 0.15) is 5.82 Å². The summed E-state index contributed by atoms with van der Waals surface area (Å²) in [5, 5.41) is 4.03. The topological polar surface area (TPSA) is 44.9 Å². The lowest BCUT2D eigenvalue weighted by Gasteiger charge is -2.18. The molecule has 2 aromatic carbocycles. The molecular formula is C21H23FN2O. The first-order valence-electron chi connectivity index (χ1n) is 8.62. The predicted octanol–water partition coefficient (Wildman–Crippen LogP) is 4.60. The van der Waals surface area contributed by atoms with E-state index in [1.54, 1.807) is 6.07 Å². The fourth-order valence-corrected chi connectivity index (χ4v) is 3.09. The maximum atomic E-state index is 13.8. The van der Waals surface area contributed by atoms with Gasteiger partial charge in [-0.1, -0.05) is 44.2 Å². The van der Waals surface area contributed by atoms with Gasteiger partial charge in [-0.15, -0.1) is 0 Å². The van der Waals surface area contributed by atoms with Gasteiger partial charge in [0, 0.05) is 36.0 Å². The molecule has 1 atom stereocenters. The van der Waals surface area contributed by atoms with Crippen molar-refractivity contribution in [1.29, 1.82) is 0 Å². The Morgan fingerprint density at radius 1 is 1.16 bits per heavy atom. The minimum absolute atomic E-state index is 0.0201. The van der Waals surface area contributed by atoms with Gasteiger partial charge in [-0.3, -0.25) is 4.79 Å². The highest BCUT2D eigenvalue weighted by Crippen LogP contribution is 2.33. The maximum Gasteiger partial charge on any atom is 0.220 e. The van der Waals surface area contributed by atoms with E-state index in [2.05, 4.69) is 24.1 Å². The van der Waals surface area contributed by atoms with Crippen molar-refractivity contribution in [3.05, 3.63) is 71.7 Å². The summed E-state index contributed by atoms with van der Waals surface area (Å²) in [5.41, 5.74) is 2.84. The normalized spacial score (nSPS) is 12.5. The lowest BCUT2D eigenvalue weighted by molar-refractivity contribution is -0.121. The van der Waals surface area contributed by atoms with Crippen molar-refractivity contribution in [3.8, 4) is 0 Å². The monoisotopic (exact) mass is 338 g/mol. The summed E-state index contributed by atoms with van der Waals surface area (Å²) in [7, 11) is 0. The molecule has 0 saturated carbocycles. The highest BCUT2D eigenvalue weighted by Gasteiger charge is 2.21. The van der Waals surface area contributed by atoms with Crippen LogP contribution in [0, 0.1) is 11.7 Å². The van der Waals surface area contributed by atoms with Gasteiger partial charge in [-0.2, -0.15) is 0 Å². The van der Waals surface area contributed by atoms with Crippen LogP contribution in [-0.4, -0.2) is 17.4 Å². The average molecular weight is 338 g/mol. The number of carbonyl (C=O) groups excluding carboxylic acids is 1. The molecule has 3 nitrogen and oxygen atoms in total. The number of fused-ring (bicyclic) bond motifs is 1. The highest BCUT2D eigenvalue weighted by atomic mass is 19.1. The molecule has 2 N–H and O–H groups in total. The zero-order valence-electron chi connectivity index (χ0n) is 14.6. The summed E-state index contributed by atoms with van der Waals surface area (Å²) in [6, 6.07) is 14.5. The number of nitrogens with one attached hydrogen (secondary N) is 2. The Bertz CT molecular complexity index is 869. The fourth-order valence-electron chi connectivity index (χ4n) is 3.09. The molecule has 0 spiro atoms. The molecule has 1 amide bonds. The predicted molar refractivity (Wildman–Crippen MR) is 99.0 cm³/mol. The van der Waals surface area contributed by atoms with Crippen LogP contribution in [0.5, 0.6) is 0 Å². The molecule has 0 fully saturated rings. The maximum absolute atomic E-state index is 13.8. The molecule has 3 rings (SSSR count). The third kappa shape index (κ3) is 4.08. The molecule has 3 aromatic rings. The largest absolute Gasteiger partial charge is 0.361 e. The molecule has 0 aliphatic heterocycles. The Balaban J connectivity index is 1.96. The van der Waals surface area contributed by atoms with Crippen molar-refractivity contribution in [3.63, 3.8) is 0 Å². The molecule has 1 aromatic heterocycles. The van der Waals surface area contributed by atoms with Crippen LogP contribution in [0.2, 0.25) is 0 Å². The standard InChI is InChI=1S/C21H23FN2O/c1-14(2)12-24-21(25)11-18(15-6-5-7-16(22)10-15)19-13-23-20-9-4-3-8-17(19)20/h3-10,13-14,18,23H,11-12H2,1-2H3,(H,24,25). The Kier molecular flexibility index (Phi) is 5.17. The van der Waals surface area contributed by atoms with E-state index in [1.165, 1.54) is 12.1 Å². The SMILES string of the molecule is CC(C)CNC(=O)CC(c1cccc(F)c1)c1c[nH]c2ccccc12. The summed E-state index contributed by atoms with van der Waals surface area (Å²) < 4.78 is 13.8. The molecule has 1 heterocycles. The number of hydrogen-bond acceptors (Lipinski definition) is 1. The molecular weight excluding hydrogens is 315 g/mol. The van der Waals surface area contributed by atoms with Crippen LogP contribution < -0.4 is 5.32 Å².